The molecule has 0 saturated carbocycles. The average molecular weight is 535 g/mol. The number of ether oxygens (including phenoxy) is 5. The molecule has 13 heteroatoms. The quantitative estimate of drug-likeness (QED) is 0.464. The van der Waals surface area contributed by atoms with Gasteiger partial charge >= 0.3 is 24.1 Å². The summed E-state index contributed by atoms with van der Waals surface area (Å²) in [4.78, 5) is 36.6. The molecule has 5 atom stereocenters. The van der Waals surface area contributed by atoms with Gasteiger partial charge in [-0.05, 0) is 33.3 Å². The Hall–Kier alpha value is -2.90. The zero-order valence-electron chi connectivity index (χ0n) is 21.3. The van der Waals surface area contributed by atoms with E-state index in [4.69, 9.17) is 23.7 Å². The summed E-state index contributed by atoms with van der Waals surface area (Å²) in [6.45, 7) is 5.97. The van der Waals surface area contributed by atoms with Crippen LogP contribution in [0.3, 0.4) is 0 Å². The summed E-state index contributed by atoms with van der Waals surface area (Å²) in [6.07, 6.45) is -8.94. The van der Waals surface area contributed by atoms with Crippen LogP contribution in [0.1, 0.15) is 39.7 Å². The lowest BCUT2D eigenvalue weighted by atomic mass is 9.99. The predicted molar refractivity (Wildman–Crippen MR) is 123 cm³/mol. The SMILES string of the molecule is CO[C@@H]1[C@@H](NC(=O)C(F)(F)F)C[C@@H](OCC(NC(=O)OC(C)(C)C)C(=O)OCc2ccccc2)O[C@H]1C. The second kappa shape index (κ2) is 13.1. The van der Waals surface area contributed by atoms with Crippen LogP contribution in [0, 0.1) is 0 Å². The molecule has 1 aromatic carbocycles. The number of alkyl halides is 3. The molecule has 0 bridgehead atoms. The summed E-state index contributed by atoms with van der Waals surface area (Å²) in [5.74, 6) is -2.95. The lowest BCUT2D eigenvalue weighted by Crippen LogP contribution is -2.58. The van der Waals surface area contributed by atoms with E-state index in [0.29, 0.717) is 5.56 Å². The third kappa shape index (κ3) is 10.2. The molecule has 0 aliphatic carbocycles. The van der Waals surface area contributed by atoms with Gasteiger partial charge in [0.15, 0.2) is 12.3 Å². The van der Waals surface area contributed by atoms with Crippen molar-refractivity contribution in [3.8, 4) is 0 Å². The number of hydrogen-bond donors (Lipinski definition) is 2. The maximum Gasteiger partial charge on any atom is 0.471 e. The van der Waals surface area contributed by atoms with Gasteiger partial charge in [0.25, 0.3) is 0 Å². The number of alkyl carbamates (subject to hydrolysis) is 1. The van der Waals surface area contributed by atoms with Gasteiger partial charge in [-0.1, -0.05) is 30.3 Å². The predicted octanol–water partition coefficient (Wildman–Crippen LogP) is 2.84. The van der Waals surface area contributed by atoms with Crippen LogP contribution in [0.5, 0.6) is 0 Å². The van der Waals surface area contributed by atoms with Crippen molar-refractivity contribution in [3.63, 3.8) is 0 Å². The van der Waals surface area contributed by atoms with E-state index >= 15 is 0 Å². The number of carbonyl (C=O) groups is 3. The monoisotopic (exact) mass is 534 g/mol. The molecule has 0 aromatic heterocycles. The molecule has 10 nitrogen and oxygen atoms in total. The van der Waals surface area contributed by atoms with Crippen LogP contribution in [0.4, 0.5) is 18.0 Å². The first kappa shape index (κ1) is 30.3. The summed E-state index contributed by atoms with van der Waals surface area (Å²) >= 11 is 0. The van der Waals surface area contributed by atoms with Crippen LogP contribution >= 0.6 is 0 Å². The first-order chi connectivity index (χ1) is 17.2. The van der Waals surface area contributed by atoms with E-state index in [0.717, 1.165) is 0 Å². The molecule has 1 aliphatic rings. The Morgan fingerprint density at radius 1 is 1.14 bits per heavy atom. The maximum atomic E-state index is 12.8. The van der Waals surface area contributed by atoms with Gasteiger partial charge in [0, 0.05) is 13.5 Å². The minimum Gasteiger partial charge on any atom is -0.459 e. The van der Waals surface area contributed by atoms with Crippen molar-refractivity contribution in [1.29, 1.82) is 0 Å². The molecule has 2 rings (SSSR count). The van der Waals surface area contributed by atoms with Crippen molar-refractivity contribution < 1.29 is 51.2 Å². The van der Waals surface area contributed by atoms with Gasteiger partial charge in [0.05, 0.1) is 18.8 Å². The number of rotatable bonds is 9. The van der Waals surface area contributed by atoms with Crippen LogP contribution in [0.15, 0.2) is 30.3 Å². The normalized spacial score (nSPS) is 23.0. The highest BCUT2D eigenvalue weighted by atomic mass is 19.4. The fourth-order valence-electron chi connectivity index (χ4n) is 3.55. The van der Waals surface area contributed by atoms with Crippen molar-refractivity contribution in [1.82, 2.24) is 10.6 Å². The number of methoxy groups -OCH3 is 1. The molecule has 1 saturated heterocycles. The number of hydrogen-bond acceptors (Lipinski definition) is 8. The molecule has 1 unspecified atom stereocenters. The smallest absolute Gasteiger partial charge is 0.459 e. The summed E-state index contributed by atoms with van der Waals surface area (Å²) in [6, 6.07) is 6.43. The Kier molecular flexibility index (Phi) is 10.7. The summed E-state index contributed by atoms with van der Waals surface area (Å²) < 4.78 is 65.3. The lowest BCUT2D eigenvalue weighted by Gasteiger charge is -2.40. The van der Waals surface area contributed by atoms with Gasteiger partial charge in [-0.15, -0.1) is 0 Å². The zero-order valence-corrected chi connectivity index (χ0v) is 21.3. The summed E-state index contributed by atoms with van der Waals surface area (Å²) in [5.41, 5.74) is -0.129. The highest BCUT2D eigenvalue weighted by molar-refractivity contribution is 5.82. The van der Waals surface area contributed by atoms with Crippen LogP contribution in [0.2, 0.25) is 0 Å². The maximum absolute atomic E-state index is 12.8. The van der Waals surface area contributed by atoms with Gasteiger partial charge in [-0.3, -0.25) is 4.79 Å². The van der Waals surface area contributed by atoms with Gasteiger partial charge in [0.2, 0.25) is 0 Å². The minimum atomic E-state index is -5.08. The number of amides is 2. The van der Waals surface area contributed by atoms with Crippen molar-refractivity contribution in [2.24, 2.45) is 0 Å². The standard InChI is InChI=1S/C24H33F3N2O8/c1-14-19(33-5)16(28-21(31)24(25,26)27)11-18(36-14)34-13-17(29-22(32)37-23(2,3)4)20(30)35-12-15-9-7-6-8-10-15/h6-10,14,16-19H,11-13H2,1-5H3,(H,28,31)(H,29,32)/t14-,16-,17?,18-,19-/m0/s1. The molecule has 37 heavy (non-hydrogen) atoms. The third-order valence-electron chi connectivity index (χ3n) is 5.17. The molecule has 1 aliphatic heterocycles. The van der Waals surface area contributed by atoms with E-state index in [9.17, 15) is 27.6 Å². The lowest BCUT2D eigenvalue weighted by molar-refractivity contribution is -0.233. The van der Waals surface area contributed by atoms with Crippen molar-refractivity contribution in [2.75, 3.05) is 13.7 Å². The van der Waals surface area contributed by atoms with E-state index in [2.05, 4.69) is 5.32 Å². The Labute approximate surface area is 213 Å². The third-order valence-corrected chi connectivity index (χ3v) is 5.17. The van der Waals surface area contributed by atoms with Crippen LogP contribution in [0.25, 0.3) is 0 Å². The Balaban J connectivity index is 2.07. The van der Waals surface area contributed by atoms with E-state index in [-0.39, 0.29) is 13.0 Å². The van der Waals surface area contributed by atoms with E-state index in [1.165, 1.54) is 7.11 Å². The number of esters is 1. The van der Waals surface area contributed by atoms with Crippen molar-refractivity contribution in [3.05, 3.63) is 35.9 Å². The fourth-order valence-corrected chi connectivity index (χ4v) is 3.55. The molecule has 0 spiro atoms. The molecular formula is C24H33F3N2O8. The van der Waals surface area contributed by atoms with Gasteiger partial charge in [-0.2, -0.15) is 13.2 Å². The number of carbonyl (C=O) groups excluding carboxylic acids is 3. The average Bonchev–Trinajstić information content (AvgIpc) is 2.79. The molecular weight excluding hydrogens is 501 g/mol. The molecule has 2 amide bonds. The fraction of sp³-hybridized carbons (Fsp3) is 0.625. The van der Waals surface area contributed by atoms with E-state index in [1.54, 1.807) is 58.0 Å². The second-order valence-electron chi connectivity index (χ2n) is 9.41. The Bertz CT molecular complexity index is 907. The van der Waals surface area contributed by atoms with Crippen molar-refractivity contribution >= 4 is 18.0 Å². The Morgan fingerprint density at radius 2 is 1.78 bits per heavy atom. The van der Waals surface area contributed by atoms with Crippen LogP contribution < -0.4 is 10.6 Å². The van der Waals surface area contributed by atoms with Gasteiger partial charge in [-0.25, -0.2) is 9.59 Å². The highest BCUT2D eigenvalue weighted by Gasteiger charge is 2.44. The zero-order chi connectivity index (χ0) is 27.8. The first-order valence-electron chi connectivity index (χ1n) is 11.6. The molecule has 208 valence electrons. The van der Waals surface area contributed by atoms with Crippen LogP contribution in [-0.4, -0.2) is 74.0 Å². The first-order valence-corrected chi connectivity index (χ1v) is 11.6. The van der Waals surface area contributed by atoms with Gasteiger partial charge in [0.1, 0.15) is 18.3 Å². The summed E-state index contributed by atoms with van der Waals surface area (Å²) in [7, 11) is 1.28. The molecule has 0 radical (unpaired) electrons. The second-order valence-corrected chi connectivity index (χ2v) is 9.41. The Morgan fingerprint density at radius 3 is 2.35 bits per heavy atom. The van der Waals surface area contributed by atoms with E-state index < -0.39 is 66.9 Å². The topological polar surface area (TPSA) is 121 Å². The molecule has 1 heterocycles. The largest absolute Gasteiger partial charge is 0.471 e. The highest BCUT2D eigenvalue weighted by Crippen LogP contribution is 2.25. The number of benzene rings is 1. The number of nitrogens with one attached hydrogen (secondary N) is 2. The van der Waals surface area contributed by atoms with E-state index in [1.807, 2.05) is 5.32 Å². The molecule has 1 fully saturated rings. The van der Waals surface area contributed by atoms with Crippen molar-refractivity contribution in [2.45, 2.75) is 83.1 Å². The number of halogens is 3. The van der Waals surface area contributed by atoms with Crippen LogP contribution in [-0.2, 0) is 39.9 Å². The minimum absolute atomic E-state index is 0.0653. The summed E-state index contributed by atoms with van der Waals surface area (Å²) in [5, 5.41) is 4.28. The van der Waals surface area contributed by atoms with Gasteiger partial charge < -0.3 is 34.3 Å². The molecule has 2 N–H and O–H groups in total. The molecule has 1 aromatic rings.